The molecule has 0 saturated carbocycles. The lowest BCUT2D eigenvalue weighted by molar-refractivity contribution is -0.703. The quantitative estimate of drug-likeness (QED) is 0.134. The normalized spacial score (nSPS) is 11.2. The average Bonchev–Trinajstić information content (AvgIpc) is 3.25. The van der Waals surface area contributed by atoms with Gasteiger partial charge in [0.15, 0.2) is 0 Å². The van der Waals surface area contributed by atoms with Gasteiger partial charge >= 0.3 is 0 Å². The second-order valence-corrected chi connectivity index (χ2v) is 9.89. The Hall–Kier alpha value is -2.35. The van der Waals surface area contributed by atoms with E-state index in [2.05, 4.69) is 89.1 Å². The Morgan fingerprint density at radius 2 is 1.18 bits per heavy atom. The molecule has 34 heavy (non-hydrogen) atoms. The lowest BCUT2D eigenvalue weighted by Crippen LogP contribution is -2.37. The fraction of sp³-hybridized carbons (Fsp3) is 0.531. The topological polar surface area (TPSA) is 8.81 Å². The molecule has 2 heteroatoms. The number of hydrogen-bond acceptors (Lipinski definition) is 0. The summed E-state index contributed by atoms with van der Waals surface area (Å²) in [5, 5.41) is 0. The summed E-state index contributed by atoms with van der Waals surface area (Å²) in [7, 11) is 0. The number of nitrogens with zero attached hydrogens (tertiary/aromatic N) is 2. The van der Waals surface area contributed by atoms with Gasteiger partial charge < -0.3 is 0 Å². The zero-order valence-electron chi connectivity index (χ0n) is 21.6. The van der Waals surface area contributed by atoms with Crippen molar-refractivity contribution in [2.45, 2.75) is 110 Å². The van der Waals surface area contributed by atoms with Crippen molar-refractivity contribution in [3.05, 3.63) is 90.0 Å². The van der Waals surface area contributed by atoms with Gasteiger partial charge in [0.2, 0.25) is 0 Å². The summed E-state index contributed by atoms with van der Waals surface area (Å²) in [5.41, 5.74) is 2.84. The van der Waals surface area contributed by atoms with Crippen LogP contribution in [0.3, 0.4) is 0 Å². The Morgan fingerprint density at radius 3 is 1.79 bits per heavy atom. The average molecular weight is 460 g/mol. The number of benzene rings is 2. The third-order valence-corrected chi connectivity index (χ3v) is 7.00. The molecule has 0 N–H and O–H groups in total. The number of rotatable bonds is 18. The first-order valence-corrected chi connectivity index (χ1v) is 14.0. The first kappa shape index (κ1) is 26.3. The number of unbranched alkanes of at least 4 members (excludes halogenated alkanes) is 10. The minimum atomic E-state index is 1.01. The third-order valence-electron chi connectivity index (χ3n) is 7.00. The molecular weight excluding hydrogens is 412 g/mol. The van der Waals surface area contributed by atoms with Crippen molar-refractivity contribution < 1.29 is 4.57 Å². The summed E-state index contributed by atoms with van der Waals surface area (Å²) in [6.07, 6.45) is 23.3. The molecule has 3 aromatic rings. The molecule has 1 aromatic heterocycles. The molecule has 1 heterocycles. The Balaban J connectivity index is 1.43. The summed E-state index contributed by atoms with van der Waals surface area (Å²) in [4.78, 5) is 0. The molecule has 184 valence electrons. The van der Waals surface area contributed by atoms with Gasteiger partial charge in [-0.2, -0.15) is 0 Å². The van der Waals surface area contributed by atoms with Crippen molar-refractivity contribution in [2.24, 2.45) is 0 Å². The van der Waals surface area contributed by atoms with Crippen LogP contribution < -0.4 is 4.57 Å². The maximum absolute atomic E-state index is 2.52. The molecule has 0 bridgehead atoms. The van der Waals surface area contributed by atoms with Crippen LogP contribution in [-0.4, -0.2) is 4.57 Å². The summed E-state index contributed by atoms with van der Waals surface area (Å²) in [6, 6.07) is 21.8. The van der Waals surface area contributed by atoms with Gasteiger partial charge in [0.05, 0.1) is 19.5 Å². The summed E-state index contributed by atoms with van der Waals surface area (Å²) in [6.45, 7) is 4.52. The molecule has 0 spiro atoms. The van der Waals surface area contributed by atoms with E-state index in [0.717, 1.165) is 25.9 Å². The van der Waals surface area contributed by atoms with E-state index in [1.54, 1.807) is 0 Å². The molecule has 0 saturated heterocycles. The molecule has 0 unspecified atom stereocenters. The second kappa shape index (κ2) is 16.3. The molecule has 0 fully saturated rings. The lowest BCUT2D eigenvalue weighted by atomic mass is 10.1. The zero-order chi connectivity index (χ0) is 23.7. The van der Waals surface area contributed by atoms with Gasteiger partial charge in [0.25, 0.3) is 5.82 Å². The minimum absolute atomic E-state index is 1.01. The maximum Gasteiger partial charge on any atom is 0.260 e. The van der Waals surface area contributed by atoms with Crippen LogP contribution in [0.15, 0.2) is 73.1 Å². The molecular formula is C32H47N2+. The number of aromatic nitrogens is 2. The van der Waals surface area contributed by atoms with Gasteiger partial charge in [0, 0.05) is 0 Å². The van der Waals surface area contributed by atoms with E-state index in [-0.39, 0.29) is 0 Å². The van der Waals surface area contributed by atoms with Crippen LogP contribution in [0.1, 0.15) is 101 Å². The maximum atomic E-state index is 2.52. The highest BCUT2D eigenvalue weighted by Gasteiger charge is 2.17. The van der Waals surface area contributed by atoms with Gasteiger partial charge in [-0.3, -0.25) is 0 Å². The molecule has 0 aliphatic carbocycles. The van der Waals surface area contributed by atoms with Gasteiger partial charge in [0.1, 0.15) is 12.4 Å². The SMILES string of the molecule is CCCCCCCCCCCCCn1cc[n+](CCCc2ccccc2)c1Cc1ccccc1. The van der Waals surface area contributed by atoms with E-state index in [1.165, 1.54) is 94.0 Å². The number of hydrogen-bond donors (Lipinski definition) is 0. The molecule has 3 rings (SSSR count). The number of imidazole rings is 1. The smallest absolute Gasteiger partial charge is 0.234 e. The molecule has 0 atom stereocenters. The fourth-order valence-electron chi connectivity index (χ4n) is 4.93. The summed E-state index contributed by atoms with van der Waals surface area (Å²) < 4.78 is 5.01. The van der Waals surface area contributed by atoms with Crippen LogP contribution in [-0.2, 0) is 25.9 Å². The number of aryl methyl sites for hydroxylation is 3. The van der Waals surface area contributed by atoms with Gasteiger partial charge in [-0.15, -0.1) is 0 Å². The molecule has 0 aliphatic rings. The first-order chi connectivity index (χ1) is 16.9. The molecule has 2 nitrogen and oxygen atoms in total. The lowest BCUT2D eigenvalue weighted by Gasteiger charge is -2.07. The Bertz CT molecular complexity index is 882. The van der Waals surface area contributed by atoms with Gasteiger partial charge in [-0.25, -0.2) is 9.13 Å². The van der Waals surface area contributed by atoms with Crippen molar-refractivity contribution in [1.82, 2.24) is 4.57 Å². The van der Waals surface area contributed by atoms with E-state index in [9.17, 15) is 0 Å². The van der Waals surface area contributed by atoms with Crippen LogP contribution in [0.2, 0.25) is 0 Å². The summed E-state index contributed by atoms with van der Waals surface area (Å²) >= 11 is 0. The highest BCUT2D eigenvalue weighted by Crippen LogP contribution is 2.13. The van der Waals surface area contributed by atoms with Crippen molar-refractivity contribution in [3.8, 4) is 0 Å². The minimum Gasteiger partial charge on any atom is -0.234 e. The van der Waals surface area contributed by atoms with Crippen LogP contribution in [0.5, 0.6) is 0 Å². The van der Waals surface area contributed by atoms with E-state index in [4.69, 9.17) is 0 Å². The van der Waals surface area contributed by atoms with Crippen LogP contribution in [0, 0.1) is 0 Å². The zero-order valence-corrected chi connectivity index (χ0v) is 21.6. The second-order valence-electron chi connectivity index (χ2n) is 9.89. The van der Waals surface area contributed by atoms with E-state index in [0.29, 0.717) is 0 Å². The third kappa shape index (κ3) is 9.87. The standard InChI is InChI=1S/C32H47N2/c1-2-3-4-5-6-7-8-9-10-11-18-25-33-27-28-34(26-19-24-30-20-14-12-15-21-30)32(33)29-31-22-16-13-17-23-31/h12-17,20-23,27-28H,2-11,18-19,24-26,29H2,1H3/q+1. The fourth-order valence-corrected chi connectivity index (χ4v) is 4.93. The van der Waals surface area contributed by atoms with E-state index >= 15 is 0 Å². The predicted octanol–water partition coefficient (Wildman–Crippen LogP) is 8.31. The van der Waals surface area contributed by atoms with Crippen LogP contribution in [0.25, 0.3) is 0 Å². The van der Waals surface area contributed by atoms with Crippen molar-refractivity contribution in [1.29, 1.82) is 0 Å². The first-order valence-electron chi connectivity index (χ1n) is 14.0. The van der Waals surface area contributed by atoms with Crippen LogP contribution >= 0.6 is 0 Å². The Morgan fingerprint density at radius 1 is 0.618 bits per heavy atom. The van der Waals surface area contributed by atoms with Crippen molar-refractivity contribution in [3.63, 3.8) is 0 Å². The van der Waals surface area contributed by atoms with Gasteiger partial charge in [-0.1, -0.05) is 125 Å². The van der Waals surface area contributed by atoms with Crippen molar-refractivity contribution >= 4 is 0 Å². The van der Waals surface area contributed by atoms with E-state index in [1.807, 2.05) is 0 Å². The van der Waals surface area contributed by atoms with Crippen LogP contribution in [0.4, 0.5) is 0 Å². The Labute approximate surface area is 209 Å². The van der Waals surface area contributed by atoms with E-state index < -0.39 is 0 Å². The molecule has 0 aliphatic heterocycles. The predicted molar refractivity (Wildman–Crippen MR) is 145 cm³/mol. The highest BCUT2D eigenvalue weighted by molar-refractivity contribution is 5.18. The van der Waals surface area contributed by atoms with Crippen molar-refractivity contribution in [2.75, 3.05) is 0 Å². The molecule has 2 aromatic carbocycles. The summed E-state index contributed by atoms with van der Waals surface area (Å²) in [5.74, 6) is 1.45. The monoisotopic (exact) mass is 459 g/mol. The molecule has 0 radical (unpaired) electrons. The largest absolute Gasteiger partial charge is 0.260 e. The molecule has 0 amide bonds. The Kier molecular flexibility index (Phi) is 12.6. The van der Waals surface area contributed by atoms with Gasteiger partial charge in [-0.05, 0) is 36.8 Å². The highest BCUT2D eigenvalue weighted by atomic mass is 15.1.